The van der Waals surface area contributed by atoms with Gasteiger partial charge < -0.3 is 0 Å². The predicted molar refractivity (Wildman–Crippen MR) is 129 cm³/mol. The van der Waals surface area contributed by atoms with E-state index in [0.717, 1.165) is 4.90 Å². The highest BCUT2D eigenvalue weighted by Gasteiger charge is 2.29. The number of amides is 2. The molecule has 1 heterocycles. The average Bonchev–Trinajstić information content (AvgIpc) is 2.80. The van der Waals surface area contributed by atoms with Gasteiger partial charge in [-0.1, -0.05) is 54.6 Å². The molecule has 5 nitrogen and oxygen atoms in total. The molecule has 1 aromatic heterocycles. The van der Waals surface area contributed by atoms with E-state index in [-0.39, 0.29) is 32.7 Å². The van der Waals surface area contributed by atoms with Crippen molar-refractivity contribution < 1.29 is 14.0 Å². The summed E-state index contributed by atoms with van der Waals surface area (Å²) in [7, 11) is 0. The smallest absolute Gasteiger partial charge is 0.261 e. The molecule has 0 fully saturated rings. The molecular weight excluding hydrogens is 464 g/mol. The molecule has 0 aliphatic carbocycles. The van der Waals surface area contributed by atoms with Crippen LogP contribution in [-0.4, -0.2) is 27.2 Å². The largest absolute Gasteiger partial charge is 0.278 e. The summed E-state index contributed by atoms with van der Waals surface area (Å²) in [6.07, 6.45) is 1.86. The Bertz CT molecular complexity index is 1280. The summed E-state index contributed by atoms with van der Waals surface area (Å²) in [6.45, 7) is 10.8. The number of carbonyl (C=O) groups excluding carboxylic acids is 2. The molecule has 0 N–H and O–H groups in total. The van der Waals surface area contributed by atoms with Crippen LogP contribution in [0.5, 0.6) is 0 Å². The van der Waals surface area contributed by atoms with Gasteiger partial charge in [0.15, 0.2) is 0 Å². The molecule has 0 aliphatic heterocycles. The molecule has 1 atom stereocenters. The lowest BCUT2D eigenvalue weighted by atomic mass is 10.0. The third-order valence-corrected chi connectivity index (χ3v) is 5.63. The second-order valence-corrected chi connectivity index (χ2v) is 8.10. The standard InChI is InChI=1S/C25H20Cl2FN3O2/c1-5-21-22(15(3)26)30-24(19-12-17(28)10-11-20(19)27)23(29-21)16(4)31(13-32)25(33)18-9-7-6-8-14(18)2/h5-13,16H,1,3H2,2,4H3. The van der Waals surface area contributed by atoms with Crippen LogP contribution in [0.15, 0.2) is 55.6 Å². The van der Waals surface area contributed by atoms with Crippen LogP contribution in [0.4, 0.5) is 4.39 Å². The Balaban J connectivity index is 2.25. The molecule has 0 spiro atoms. The maximum Gasteiger partial charge on any atom is 0.261 e. The molecule has 2 aromatic carbocycles. The molecule has 33 heavy (non-hydrogen) atoms. The SMILES string of the molecule is C=Cc1nc(C(C)N(C=O)C(=O)c2ccccc2C)c(-c2cc(F)ccc2Cl)nc1C(=C)Cl. The van der Waals surface area contributed by atoms with E-state index in [4.69, 9.17) is 23.2 Å². The van der Waals surface area contributed by atoms with Crippen LogP contribution in [0.3, 0.4) is 0 Å². The molecule has 8 heteroatoms. The highest BCUT2D eigenvalue weighted by molar-refractivity contribution is 6.48. The minimum atomic E-state index is -0.882. The van der Waals surface area contributed by atoms with Crippen molar-refractivity contribution in [2.75, 3.05) is 0 Å². The third-order valence-electron chi connectivity index (χ3n) is 5.12. The van der Waals surface area contributed by atoms with Gasteiger partial charge in [-0.3, -0.25) is 14.5 Å². The first kappa shape index (κ1) is 24.3. The second kappa shape index (κ2) is 10.1. The van der Waals surface area contributed by atoms with E-state index < -0.39 is 17.8 Å². The first-order valence-corrected chi connectivity index (χ1v) is 10.6. The molecule has 168 valence electrons. The first-order chi connectivity index (χ1) is 15.7. The molecule has 0 saturated heterocycles. The van der Waals surface area contributed by atoms with Crippen molar-refractivity contribution in [1.82, 2.24) is 14.9 Å². The van der Waals surface area contributed by atoms with Crippen LogP contribution in [0.2, 0.25) is 5.02 Å². The Labute approximate surface area is 201 Å². The fraction of sp³-hybridized carbons (Fsp3) is 0.120. The van der Waals surface area contributed by atoms with Crippen molar-refractivity contribution in [3.8, 4) is 11.3 Å². The summed E-state index contributed by atoms with van der Waals surface area (Å²) in [5.41, 5.74) is 2.20. The van der Waals surface area contributed by atoms with Crippen LogP contribution >= 0.6 is 23.2 Å². The topological polar surface area (TPSA) is 63.2 Å². The highest BCUT2D eigenvalue weighted by atomic mass is 35.5. The van der Waals surface area contributed by atoms with Gasteiger partial charge in [0.1, 0.15) is 11.5 Å². The average molecular weight is 484 g/mol. The van der Waals surface area contributed by atoms with E-state index in [1.54, 1.807) is 38.1 Å². The zero-order chi connectivity index (χ0) is 24.3. The van der Waals surface area contributed by atoms with Crippen LogP contribution in [0.25, 0.3) is 22.4 Å². The number of hydrogen-bond acceptors (Lipinski definition) is 4. The Morgan fingerprint density at radius 3 is 2.52 bits per heavy atom. The first-order valence-electron chi connectivity index (χ1n) is 9.87. The van der Waals surface area contributed by atoms with Crippen LogP contribution < -0.4 is 0 Å². The lowest BCUT2D eigenvalue weighted by Crippen LogP contribution is -2.34. The number of aromatic nitrogens is 2. The van der Waals surface area contributed by atoms with Crippen molar-refractivity contribution in [2.24, 2.45) is 0 Å². The summed E-state index contributed by atoms with van der Waals surface area (Å²) in [5.74, 6) is -1.06. The number of imide groups is 1. The van der Waals surface area contributed by atoms with Gasteiger partial charge >= 0.3 is 0 Å². The zero-order valence-corrected chi connectivity index (χ0v) is 19.5. The van der Waals surface area contributed by atoms with Crippen LogP contribution in [0, 0.1) is 12.7 Å². The zero-order valence-electron chi connectivity index (χ0n) is 18.0. The predicted octanol–water partition coefficient (Wildman–Crippen LogP) is 6.46. The molecule has 0 radical (unpaired) electrons. The van der Waals surface area contributed by atoms with Crippen LogP contribution in [0.1, 0.15) is 46.0 Å². The van der Waals surface area contributed by atoms with Crippen LogP contribution in [-0.2, 0) is 4.79 Å². The van der Waals surface area contributed by atoms with Gasteiger partial charge in [0, 0.05) is 11.1 Å². The lowest BCUT2D eigenvalue weighted by Gasteiger charge is -2.26. The Morgan fingerprint density at radius 1 is 1.21 bits per heavy atom. The number of carbonyl (C=O) groups is 2. The van der Waals surface area contributed by atoms with Gasteiger partial charge in [0.2, 0.25) is 6.41 Å². The van der Waals surface area contributed by atoms with Gasteiger partial charge in [0.25, 0.3) is 5.91 Å². The van der Waals surface area contributed by atoms with Gasteiger partial charge in [0.05, 0.1) is 33.2 Å². The quantitative estimate of drug-likeness (QED) is 0.361. The van der Waals surface area contributed by atoms with Gasteiger partial charge in [-0.05, 0) is 49.8 Å². The summed E-state index contributed by atoms with van der Waals surface area (Å²) >= 11 is 12.5. The third kappa shape index (κ3) is 4.87. The summed E-state index contributed by atoms with van der Waals surface area (Å²) in [6, 6.07) is 9.82. The number of rotatable bonds is 7. The van der Waals surface area contributed by atoms with Gasteiger partial charge in [-0.2, -0.15) is 0 Å². The minimum absolute atomic E-state index is 0.0913. The van der Waals surface area contributed by atoms with E-state index in [0.29, 0.717) is 23.2 Å². The monoisotopic (exact) mass is 483 g/mol. The summed E-state index contributed by atoms with van der Waals surface area (Å²) in [5, 5.41) is 0.299. The highest BCUT2D eigenvalue weighted by Crippen LogP contribution is 2.36. The van der Waals surface area contributed by atoms with Crippen molar-refractivity contribution in [1.29, 1.82) is 0 Å². The fourth-order valence-electron chi connectivity index (χ4n) is 3.37. The molecular formula is C25H20Cl2FN3O2. The Morgan fingerprint density at radius 2 is 1.91 bits per heavy atom. The van der Waals surface area contributed by atoms with Gasteiger partial charge in [-0.25, -0.2) is 14.4 Å². The van der Waals surface area contributed by atoms with Crippen molar-refractivity contribution >= 4 is 46.6 Å². The van der Waals surface area contributed by atoms with E-state index in [1.165, 1.54) is 24.3 Å². The minimum Gasteiger partial charge on any atom is -0.278 e. The molecule has 3 rings (SSSR count). The number of nitrogens with zero attached hydrogens (tertiary/aromatic N) is 3. The summed E-state index contributed by atoms with van der Waals surface area (Å²) < 4.78 is 14.1. The number of aryl methyl sites for hydroxylation is 1. The molecule has 0 bridgehead atoms. The van der Waals surface area contributed by atoms with E-state index in [2.05, 4.69) is 23.1 Å². The fourth-order valence-corrected chi connectivity index (χ4v) is 3.72. The second-order valence-electron chi connectivity index (χ2n) is 7.23. The maximum absolute atomic E-state index is 14.1. The van der Waals surface area contributed by atoms with E-state index >= 15 is 0 Å². The van der Waals surface area contributed by atoms with E-state index in [9.17, 15) is 14.0 Å². The summed E-state index contributed by atoms with van der Waals surface area (Å²) in [4.78, 5) is 35.4. The molecule has 2 amide bonds. The number of halogens is 3. The molecule has 3 aromatic rings. The van der Waals surface area contributed by atoms with E-state index in [1.807, 2.05) is 0 Å². The van der Waals surface area contributed by atoms with Crippen molar-refractivity contribution in [3.63, 3.8) is 0 Å². The molecule has 0 saturated carbocycles. The van der Waals surface area contributed by atoms with Crippen molar-refractivity contribution in [2.45, 2.75) is 19.9 Å². The normalized spacial score (nSPS) is 11.5. The molecule has 0 aliphatic rings. The Kier molecular flexibility index (Phi) is 7.41. The Hall–Kier alpha value is -3.35. The number of hydrogen-bond donors (Lipinski definition) is 0. The molecule has 1 unspecified atom stereocenters. The lowest BCUT2D eigenvalue weighted by molar-refractivity contribution is -0.117. The van der Waals surface area contributed by atoms with Gasteiger partial charge in [-0.15, -0.1) is 0 Å². The van der Waals surface area contributed by atoms with Crippen molar-refractivity contribution in [3.05, 3.63) is 94.7 Å². The maximum atomic E-state index is 14.1. The number of benzene rings is 2.